The standard InChI is InChI=1S/C18H14ClF3N8O2S/c1-31-11-4-6-15(32-2)14(8-11)30-17(24-26-28-30)33-9-16-23-25-27-29(16)13-5-3-10(19)7-12(13)18(20,21)22/h3-8H,9H2,1-2H3. The summed E-state index contributed by atoms with van der Waals surface area (Å²) < 4.78 is 53.7. The van der Waals surface area contributed by atoms with Crippen LogP contribution in [0, 0.1) is 0 Å². The summed E-state index contributed by atoms with van der Waals surface area (Å²) in [5.41, 5.74) is -0.693. The van der Waals surface area contributed by atoms with Gasteiger partial charge in [0.15, 0.2) is 5.82 Å². The lowest BCUT2D eigenvalue weighted by Crippen LogP contribution is -2.13. The second-order valence-electron chi connectivity index (χ2n) is 6.37. The van der Waals surface area contributed by atoms with E-state index in [1.54, 1.807) is 18.2 Å². The molecule has 0 amide bonds. The molecule has 0 aliphatic carbocycles. The third kappa shape index (κ3) is 4.71. The van der Waals surface area contributed by atoms with E-state index in [1.165, 1.54) is 31.0 Å². The summed E-state index contributed by atoms with van der Waals surface area (Å²) in [5, 5.41) is 23.1. The van der Waals surface area contributed by atoms with Gasteiger partial charge in [-0.05, 0) is 51.2 Å². The molecule has 0 aliphatic heterocycles. The Morgan fingerprint density at radius 2 is 1.70 bits per heavy atom. The topological polar surface area (TPSA) is 106 Å². The zero-order valence-electron chi connectivity index (χ0n) is 17.0. The van der Waals surface area contributed by atoms with E-state index in [1.807, 2.05) is 0 Å². The lowest BCUT2D eigenvalue weighted by Gasteiger charge is -2.14. The molecule has 2 heterocycles. The van der Waals surface area contributed by atoms with Crippen molar-refractivity contribution >= 4 is 23.4 Å². The van der Waals surface area contributed by atoms with Crippen molar-refractivity contribution in [2.75, 3.05) is 14.2 Å². The highest BCUT2D eigenvalue weighted by Gasteiger charge is 2.35. The largest absolute Gasteiger partial charge is 0.497 e. The van der Waals surface area contributed by atoms with Gasteiger partial charge in [-0.2, -0.15) is 22.5 Å². The van der Waals surface area contributed by atoms with Crippen molar-refractivity contribution in [2.45, 2.75) is 17.1 Å². The molecule has 172 valence electrons. The maximum atomic E-state index is 13.5. The first-order chi connectivity index (χ1) is 15.8. The first-order valence-electron chi connectivity index (χ1n) is 9.09. The summed E-state index contributed by atoms with van der Waals surface area (Å²) in [5.74, 6) is 1.27. The van der Waals surface area contributed by atoms with Crippen LogP contribution in [-0.4, -0.2) is 54.6 Å². The maximum Gasteiger partial charge on any atom is 0.418 e. The molecule has 4 aromatic rings. The number of rotatable bonds is 7. The number of ether oxygens (including phenoxy) is 2. The van der Waals surface area contributed by atoms with Crippen molar-refractivity contribution in [3.63, 3.8) is 0 Å². The number of methoxy groups -OCH3 is 2. The number of halogens is 4. The fourth-order valence-corrected chi connectivity index (χ4v) is 3.88. The monoisotopic (exact) mass is 498 g/mol. The van der Waals surface area contributed by atoms with Gasteiger partial charge in [-0.25, -0.2) is 0 Å². The van der Waals surface area contributed by atoms with Crippen LogP contribution < -0.4 is 9.47 Å². The van der Waals surface area contributed by atoms with Crippen LogP contribution >= 0.6 is 23.4 Å². The van der Waals surface area contributed by atoms with Gasteiger partial charge in [0.2, 0.25) is 5.16 Å². The number of hydrogen-bond donors (Lipinski definition) is 0. The van der Waals surface area contributed by atoms with Crippen LogP contribution in [0.2, 0.25) is 5.02 Å². The van der Waals surface area contributed by atoms with Crippen molar-refractivity contribution < 1.29 is 22.6 Å². The molecule has 0 N–H and O–H groups in total. The van der Waals surface area contributed by atoms with Gasteiger partial charge in [0.1, 0.15) is 17.2 Å². The Morgan fingerprint density at radius 3 is 2.42 bits per heavy atom. The van der Waals surface area contributed by atoms with Crippen LogP contribution in [0.25, 0.3) is 11.4 Å². The Morgan fingerprint density at radius 1 is 0.939 bits per heavy atom. The van der Waals surface area contributed by atoms with E-state index < -0.39 is 11.7 Å². The molecule has 0 aliphatic rings. The highest BCUT2D eigenvalue weighted by atomic mass is 35.5. The lowest BCUT2D eigenvalue weighted by molar-refractivity contribution is -0.137. The molecule has 0 saturated carbocycles. The minimum absolute atomic E-state index is 0.0542. The van der Waals surface area contributed by atoms with E-state index in [0.29, 0.717) is 22.3 Å². The molecule has 0 saturated heterocycles. The van der Waals surface area contributed by atoms with E-state index >= 15 is 0 Å². The summed E-state index contributed by atoms with van der Waals surface area (Å²) in [6.45, 7) is 0. The van der Waals surface area contributed by atoms with E-state index in [-0.39, 0.29) is 22.3 Å². The zero-order valence-corrected chi connectivity index (χ0v) is 18.6. The summed E-state index contributed by atoms with van der Waals surface area (Å²) in [6, 6.07) is 8.47. The summed E-state index contributed by atoms with van der Waals surface area (Å²) in [7, 11) is 3.02. The van der Waals surface area contributed by atoms with Gasteiger partial charge in [-0.3, -0.25) is 0 Å². The van der Waals surface area contributed by atoms with Gasteiger partial charge in [-0.1, -0.05) is 23.4 Å². The molecule has 4 rings (SSSR count). The fourth-order valence-electron chi connectivity index (χ4n) is 2.91. The molecule has 2 aromatic carbocycles. The summed E-state index contributed by atoms with van der Waals surface area (Å²) in [6.07, 6.45) is -4.65. The van der Waals surface area contributed by atoms with Crippen LogP contribution in [-0.2, 0) is 11.9 Å². The van der Waals surface area contributed by atoms with Crippen LogP contribution in [0.3, 0.4) is 0 Å². The van der Waals surface area contributed by atoms with Crippen LogP contribution in [0.5, 0.6) is 11.5 Å². The third-order valence-electron chi connectivity index (χ3n) is 4.41. The molecule has 0 radical (unpaired) electrons. The molecule has 0 unspecified atom stereocenters. The number of thioether (sulfide) groups is 1. The third-order valence-corrected chi connectivity index (χ3v) is 5.56. The number of aromatic nitrogens is 8. The molecule has 0 spiro atoms. The molecule has 0 fully saturated rings. The maximum absolute atomic E-state index is 13.5. The average Bonchev–Trinajstić information content (AvgIpc) is 3.46. The van der Waals surface area contributed by atoms with Crippen molar-refractivity contribution in [3.05, 3.63) is 52.8 Å². The summed E-state index contributed by atoms with van der Waals surface area (Å²) >= 11 is 6.89. The van der Waals surface area contributed by atoms with Crippen molar-refractivity contribution in [1.29, 1.82) is 0 Å². The number of benzene rings is 2. The van der Waals surface area contributed by atoms with E-state index in [4.69, 9.17) is 21.1 Å². The van der Waals surface area contributed by atoms with Gasteiger partial charge < -0.3 is 9.47 Å². The molecular weight excluding hydrogens is 485 g/mol. The van der Waals surface area contributed by atoms with Gasteiger partial charge >= 0.3 is 6.18 Å². The predicted molar refractivity (Wildman–Crippen MR) is 111 cm³/mol. The Hall–Kier alpha value is -3.39. The van der Waals surface area contributed by atoms with E-state index in [9.17, 15) is 13.2 Å². The minimum Gasteiger partial charge on any atom is -0.497 e. The number of alkyl halides is 3. The molecule has 15 heteroatoms. The first kappa shape index (κ1) is 22.8. The van der Waals surface area contributed by atoms with Crippen LogP contribution in [0.4, 0.5) is 13.2 Å². The predicted octanol–water partition coefficient (Wildman–Crippen LogP) is 3.62. The molecule has 10 nitrogen and oxygen atoms in total. The first-order valence-corrected chi connectivity index (χ1v) is 10.5. The molecule has 2 aromatic heterocycles. The molecular formula is C18H14ClF3N8O2S. The SMILES string of the molecule is COc1ccc(OC)c(-n2nnnc2SCc2nnnn2-c2ccc(Cl)cc2C(F)(F)F)c1. The number of nitrogens with zero attached hydrogens (tertiary/aromatic N) is 8. The van der Waals surface area contributed by atoms with E-state index in [0.717, 1.165) is 22.5 Å². The zero-order chi connectivity index (χ0) is 23.6. The van der Waals surface area contributed by atoms with Crippen molar-refractivity contribution in [1.82, 2.24) is 40.4 Å². The Bertz CT molecular complexity index is 1280. The highest BCUT2D eigenvalue weighted by Crippen LogP contribution is 2.36. The van der Waals surface area contributed by atoms with Gasteiger partial charge in [0.25, 0.3) is 0 Å². The highest BCUT2D eigenvalue weighted by molar-refractivity contribution is 7.98. The van der Waals surface area contributed by atoms with E-state index in [2.05, 4.69) is 31.1 Å². The number of hydrogen-bond acceptors (Lipinski definition) is 9. The molecule has 0 bridgehead atoms. The normalized spacial score (nSPS) is 11.6. The molecule has 0 atom stereocenters. The van der Waals surface area contributed by atoms with Crippen molar-refractivity contribution in [2.24, 2.45) is 0 Å². The Kier molecular flexibility index (Phi) is 6.37. The Labute approximate surface area is 193 Å². The Balaban J connectivity index is 1.65. The van der Waals surface area contributed by atoms with Gasteiger partial charge in [0, 0.05) is 11.1 Å². The van der Waals surface area contributed by atoms with Crippen LogP contribution in [0.1, 0.15) is 11.4 Å². The minimum atomic E-state index is -4.65. The number of tetrazole rings is 2. The lowest BCUT2D eigenvalue weighted by atomic mass is 10.1. The quantitative estimate of drug-likeness (QED) is 0.353. The second kappa shape index (κ2) is 9.23. The van der Waals surface area contributed by atoms with Gasteiger partial charge in [-0.15, -0.1) is 10.2 Å². The van der Waals surface area contributed by atoms with Crippen molar-refractivity contribution in [3.8, 4) is 22.9 Å². The molecule has 33 heavy (non-hydrogen) atoms. The van der Waals surface area contributed by atoms with Gasteiger partial charge in [0.05, 0.1) is 31.2 Å². The van der Waals surface area contributed by atoms with Crippen LogP contribution in [0.15, 0.2) is 41.6 Å². The smallest absolute Gasteiger partial charge is 0.418 e. The second-order valence-corrected chi connectivity index (χ2v) is 7.74. The summed E-state index contributed by atoms with van der Waals surface area (Å²) in [4.78, 5) is 0. The fraction of sp³-hybridized carbons (Fsp3) is 0.222. The average molecular weight is 499 g/mol.